The van der Waals surface area contributed by atoms with Gasteiger partial charge in [0, 0.05) is 6.42 Å². The third-order valence-corrected chi connectivity index (χ3v) is 2.31. The molecule has 2 N–H and O–H groups in total. The molecule has 8 nitrogen and oxygen atoms in total. The zero-order chi connectivity index (χ0) is 15.1. The third-order valence-electron chi connectivity index (χ3n) is 2.31. The van der Waals surface area contributed by atoms with Crippen LogP contribution in [-0.4, -0.2) is 28.5 Å². The molecule has 0 saturated heterocycles. The van der Waals surface area contributed by atoms with E-state index in [1.54, 1.807) is 6.92 Å². The summed E-state index contributed by atoms with van der Waals surface area (Å²) in [6.07, 6.45) is -0.248. The SMILES string of the molecule is CCOC(=O)CCC(=O)Nc1ccc(O)cc1[N+](=O)[O-]. The first-order valence-electron chi connectivity index (χ1n) is 5.87. The summed E-state index contributed by atoms with van der Waals surface area (Å²) in [6.45, 7) is 1.88. The maximum Gasteiger partial charge on any atom is 0.306 e. The molecular formula is C12H14N2O6. The summed E-state index contributed by atoms with van der Waals surface area (Å²) in [5.41, 5.74) is -0.462. The number of anilines is 1. The first kappa shape index (κ1) is 15.4. The molecule has 0 unspecified atom stereocenters. The van der Waals surface area contributed by atoms with E-state index in [1.807, 2.05) is 0 Å². The second-order valence-corrected chi connectivity index (χ2v) is 3.81. The Balaban J connectivity index is 2.66. The van der Waals surface area contributed by atoms with Crippen LogP contribution in [0, 0.1) is 10.1 Å². The number of phenolic OH excluding ortho intramolecular Hbond substituents is 1. The Morgan fingerprint density at radius 3 is 2.70 bits per heavy atom. The van der Waals surface area contributed by atoms with Gasteiger partial charge in [-0.25, -0.2) is 0 Å². The molecule has 0 fully saturated rings. The maximum absolute atomic E-state index is 11.6. The van der Waals surface area contributed by atoms with Gasteiger partial charge in [0.05, 0.1) is 24.0 Å². The summed E-state index contributed by atoms with van der Waals surface area (Å²) in [4.78, 5) is 32.7. The standard InChI is InChI=1S/C12H14N2O6/c1-2-20-12(17)6-5-11(16)13-9-4-3-8(15)7-10(9)14(18)19/h3-4,7,15H,2,5-6H2,1H3,(H,13,16). The van der Waals surface area contributed by atoms with Gasteiger partial charge in [-0.3, -0.25) is 19.7 Å². The van der Waals surface area contributed by atoms with E-state index in [1.165, 1.54) is 12.1 Å². The first-order valence-corrected chi connectivity index (χ1v) is 5.87. The number of hydrogen-bond donors (Lipinski definition) is 2. The van der Waals surface area contributed by atoms with Gasteiger partial charge in [0.1, 0.15) is 11.4 Å². The molecule has 8 heteroatoms. The summed E-state index contributed by atoms with van der Waals surface area (Å²) in [5.74, 6) is -1.34. The Labute approximate surface area is 114 Å². The highest BCUT2D eigenvalue weighted by atomic mass is 16.6. The van der Waals surface area contributed by atoms with Gasteiger partial charge >= 0.3 is 5.97 Å². The van der Waals surface area contributed by atoms with Crippen molar-refractivity contribution in [3.63, 3.8) is 0 Å². The molecule has 0 atom stereocenters. The van der Waals surface area contributed by atoms with E-state index in [9.17, 15) is 24.8 Å². The minimum absolute atomic E-state index is 0.0401. The number of phenols is 1. The number of hydrogen-bond acceptors (Lipinski definition) is 6. The lowest BCUT2D eigenvalue weighted by molar-refractivity contribution is -0.384. The summed E-state index contributed by atoms with van der Waals surface area (Å²) in [5, 5.41) is 22.3. The van der Waals surface area contributed by atoms with Gasteiger partial charge in [0.15, 0.2) is 0 Å². The number of nitro benzene ring substituents is 1. The lowest BCUT2D eigenvalue weighted by atomic mass is 10.2. The summed E-state index contributed by atoms with van der Waals surface area (Å²) >= 11 is 0. The molecule has 0 spiro atoms. The average molecular weight is 282 g/mol. The van der Waals surface area contributed by atoms with Gasteiger partial charge in [0.25, 0.3) is 5.69 Å². The molecule has 0 aliphatic heterocycles. The zero-order valence-corrected chi connectivity index (χ0v) is 10.8. The number of ether oxygens (including phenoxy) is 1. The second kappa shape index (κ2) is 7.07. The zero-order valence-electron chi connectivity index (χ0n) is 10.8. The molecule has 0 saturated carbocycles. The Bertz CT molecular complexity index is 529. The van der Waals surface area contributed by atoms with Crippen LogP contribution in [0.1, 0.15) is 19.8 Å². The molecule has 0 aliphatic rings. The molecule has 108 valence electrons. The Morgan fingerprint density at radius 2 is 2.10 bits per heavy atom. The number of nitro groups is 1. The monoisotopic (exact) mass is 282 g/mol. The topological polar surface area (TPSA) is 119 Å². The number of esters is 1. The Morgan fingerprint density at radius 1 is 1.40 bits per heavy atom. The lowest BCUT2D eigenvalue weighted by Gasteiger charge is -2.06. The molecular weight excluding hydrogens is 268 g/mol. The summed E-state index contributed by atoms with van der Waals surface area (Å²) in [7, 11) is 0. The molecule has 1 aromatic rings. The van der Waals surface area contributed by atoms with Crippen molar-refractivity contribution in [3.8, 4) is 5.75 Å². The molecule has 0 bridgehead atoms. The predicted molar refractivity (Wildman–Crippen MR) is 69.3 cm³/mol. The number of carbonyl (C=O) groups is 2. The molecule has 1 amide bonds. The number of rotatable bonds is 6. The number of benzene rings is 1. The van der Waals surface area contributed by atoms with Crippen molar-refractivity contribution in [1.82, 2.24) is 0 Å². The van der Waals surface area contributed by atoms with E-state index in [2.05, 4.69) is 10.1 Å². The smallest absolute Gasteiger partial charge is 0.306 e. The number of carbonyl (C=O) groups excluding carboxylic acids is 2. The molecule has 0 aromatic heterocycles. The van der Waals surface area contributed by atoms with E-state index < -0.39 is 22.5 Å². The number of aromatic hydroxyl groups is 1. The van der Waals surface area contributed by atoms with Crippen LogP contribution in [0.4, 0.5) is 11.4 Å². The fraction of sp³-hybridized carbons (Fsp3) is 0.333. The van der Waals surface area contributed by atoms with Crippen molar-refractivity contribution in [2.45, 2.75) is 19.8 Å². The highest BCUT2D eigenvalue weighted by molar-refractivity contribution is 5.94. The molecule has 0 aliphatic carbocycles. The van der Waals surface area contributed by atoms with Crippen LogP contribution < -0.4 is 5.32 Å². The van der Waals surface area contributed by atoms with Crippen LogP contribution >= 0.6 is 0 Å². The normalized spacial score (nSPS) is 9.85. The quantitative estimate of drug-likeness (QED) is 0.354. The van der Waals surface area contributed by atoms with Gasteiger partial charge in [-0.15, -0.1) is 0 Å². The van der Waals surface area contributed by atoms with Crippen LogP contribution in [-0.2, 0) is 14.3 Å². The number of nitrogens with zero attached hydrogens (tertiary/aromatic N) is 1. The second-order valence-electron chi connectivity index (χ2n) is 3.81. The van der Waals surface area contributed by atoms with Crippen molar-refractivity contribution in [3.05, 3.63) is 28.3 Å². The van der Waals surface area contributed by atoms with Crippen LogP contribution in [0.25, 0.3) is 0 Å². The highest BCUT2D eigenvalue weighted by Crippen LogP contribution is 2.28. The maximum atomic E-state index is 11.6. The molecule has 1 aromatic carbocycles. The van der Waals surface area contributed by atoms with Crippen molar-refractivity contribution in [2.24, 2.45) is 0 Å². The molecule has 1 rings (SSSR count). The molecule has 0 radical (unpaired) electrons. The van der Waals surface area contributed by atoms with Gasteiger partial charge in [-0.1, -0.05) is 0 Å². The van der Waals surface area contributed by atoms with Gasteiger partial charge in [0.2, 0.25) is 5.91 Å². The largest absolute Gasteiger partial charge is 0.508 e. The van der Waals surface area contributed by atoms with Crippen molar-refractivity contribution < 1.29 is 24.4 Å². The van der Waals surface area contributed by atoms with Gasteiger partial charge in [-0.05, 0) is 19.1 Å². The van der Waals surface area contributed by atoms with E-state index in [4.69, 9.17) is 0 Å². The number of amides is 1. The molecule has 0 heterocycles. The van der Waals surface area contributed by atoms with Crippen molar-refractivity contribution in [1.29, 1.82) is 0 Å². The van der Waals surface area contributed by atoms with E-state index in [0.29, 0.717) is 0 Å². The average Bonchev–Trinajstić information content (AvgIpc) is 2.38. The minimum atomic E-state index is -0.722. The van der Waals surface area contributed by atoms with Crippen LogP contribution in [0.3, 0.4) is 0 Å². The first-order chi connectivity index (χ1) is 9.43. The third kappa shape index (κ3) is 4.56. The summed E-state index contributed by atoms with van der Waals surface area (Å²) in [6, 6.07) is 3.37. The predicted octanol–water partition coefficient (Wildman–Crippen LogP) is 1.58. The van der Waals surface area contributed by atoms with E-state index in [-0.39, 0.29) is 30.9 Å². The van der Waals surface area contributed by atoms with Gasteiger partial charge < -0.3 is 15.2 Å². The number of nitrogens with one attached hydrogen (secondary N) is 1. The van der Waals surface area contributed by atoms with E-state index >= 15 is 0 Å². The minimum Gasteiger partial charge on any atom is -0.508 e. The molecule has 20 heavy (non-hydrogen) atoms. The van der Waals surface area contributed by atoms with Crippen LogP contribution in [0.5, 0.6) is 5.75 Å². The Hall–Kier alpha value is -2.64. The van der Waals surface area contributed by atoms with Crippen molar-refractivity contribution >= 4 is 23.3 Å². The van der Waals surface area contributed by atoms with Crippen LogP contribution in [0.15, 0.2) is 18.2 Å². The van der Waals surface area contributed by atoms with Crippen LogP contribution in [0.2, 0.25) is 0 Å². The van der Waals surface area contributed by atoms with Gasteiger partial charge in [-0.2, -0.15) is 0 Å². The Kier molecular flexibility index (Phi) is 5.45. The van der Waals surface area contributed by atoms with E-state index in [0.717, 1.165) is 6.07 Å². The fourth-order valence-electron chi connectivity index (χ4n) is 1.44. The summed E-state index contributed by atoms with van der Waals surface area (Å²) < 4.78 is 4.66. The fourth-order valence-corrected chi connectivity index (χ4v) is 1.44. The highest BCUT2D eigenvalue weighted by Gasteiger charge is 2.17. The van der Waals surface area contributed by atoms with Crippen molar-refractivity contribution in [2.75, 3.05) is 11.9 Å². The lowest BCUT2D eigenvalue weighted by Crippen LogP contribution is -2.15.